The smallest absolute Gasteiger partial charge is 0.417 e. The van der Waals surface area contributed by atoms with Gasteiger partial charge in [-0.2, -0.15) is 18.4 Å². The first-order chi connectivity index (χ1) is 22.1. The Kier molecular flexibility index (Phi) is 11.0. The summed E-state index contributed by atoms with van der Waals surface area (Å²) >= 11 is 5.69. The summed E-state index contributed by atoms with van der Waals surface area (Å²) < 4.78 is 47.3. The van der Waals surface area contributed by atoms with Crippen molar-refractivity contribution in [1.82, 2.24) is 15.1 Å². The van der Waals surface area contributed by atoms with Crippen LogP contribution in [0.2, 0.25) is 0 Å². The van der Waals surface area contributed by atoms with Crippen molar-refractivity contribution >= 4 is 40.5 Å². The Morgan fingerprint density at radius 1 is 1.19 bits per heavy atom. The molecule has 2 amide bonds. The van der Waals surface area contributed by atoms with Gasteiger partial charge in [-0.3, -0.25) is 24.3 Å². The summed E-state index contributed by atoms with van der Waals surface area (Å²) in [6, 6.07) is 10.4. The number of amides is 2. The highest BCUT2D eigenvalue weighted by Crippen LogP contribution is 2.40. The molecule has 2 saturated heterocycles. The van der Waals surface area contributed by atoms with Crippen molar-refractivity contribution in [3.05, 3.63) is 64.9 Å². The molecule has 2 fully saturated rings. The minimum atomic E-state index is -4.78. The molecular formula is C34H41F3N6O3S. The number of halogens is 3. The van der Waals surface area contributed by atoms with Gasteiger partial charge in [0, 0.05) is 43.6 Å². The average Bonchev–Trinajstić information content (AvgIpc) is 3.20. The molecule has 1 N–H and O–H groups in total. The molecule has 0 spiro atoms. The SMILES string of the molecule is C/C=C(\C)NC(=O)CN1CCN(CCOc2ccc(N3C(=S)N(c4ccc(C#N)c(C(F)(F)F)c4)C(=O)C3(C)C)cc2CC)C[C@H]1C. The molecule has 0 aromatic heterocycles. The van der Waals surface area contributed by atoms with Crippen LogP contribution in [0.25, 0.3) is 0 Å². The van der Waals surface area contributed by atoms with E-state index in [0.717, 1.165) is 47.9 Å². The molecule has 0 radical (unpaired) electrons. The first kappa shape index (κ1) is 35.9. The number of hydrogen-bond donors (Lipinski definition) is 1. The zero-order chi connectivity index (χ0) is 34.7. The summed E-state index contributed by atoms with van der Waals surface area (Å²) in [4.78, 5) is 33.1. The number of alkyl halides is 3. The molecule has 0 saturated carbocycles. The fourth-order valence-electron chi connectivity index (χ4n) is 5.89. The van der Waals surface area contributed by atoms with Crippen molar-refractivity contribution in [2.24, 2.45) is 0 Å². The van der Waals surface area contributed by atoms with Crippen molar-refractivity contribution in [1.29, 1.82) is 5.26 Å². The van der Waals surface area contributed by atoms with E-state index in [1.54, 1.807) is 30.9 Å². The Morgan fingerprint density at radius 2 is 1.89 bits per heavy atom. The number of aryl methyl sites for hydroxylation is 1. The third-order valence-corrected chi connectivity index (χ3v) is 9.03. The third-order valence-electron chi connectivity index (χ3n) is 8.67. The highest BCUT2D eigenvalue weighted by Gasteiger charge is 2.51. The number of carbonyl (C=O) groups is 2. The van der Waals surface area contributed by atoms with E-state index in [4.69, 9.17) is 17.0 Å². The minimum absolute atomic E-state index is 0.0141. The Hall–Kier alpha value is -3.99. The van der Waals surface area contributed by atoms with E-state index in [1.165, 1.54) is 6.07 Å². The maximum atomic E-state index is 13.7. The lowest BCUT2D eigenvalue weighted by atomic mass is 10.0. The number of nitrogens with one attached hydrogen (secondary N) is 1. The zero-order valence-corrected chi connectivity index (χ0v) is 28.4. The summed E-state index contributed by atoms with van der Waals surface area (Å²) in [5.41, 5.74) is -0.561. The second-order valence-electron chi connectivity index (χ2n) is 12.3. The number of nitriles is 1. The fraction of sp³-hybridized carbons (Fsp3) is 0.471. The van der Waals surface area contributed by atoms with Crippen LogP contribution in [-0.4, -0.2) is 77.6 Å². The van der Waals surface area contributed by atoms with Crippen molar-refractivity contribution in [3.8, 4) is 11.8 Å². The highest BCUT2D eigenvalue weighted by atomic mass is 32.1. The normalized spacial score (nSPS) is 19.2. The van der Waals surface area contributed by atoms with Crippen LogP contribution in [0.1, 0.15) is 58.2 Å². The van der Waals surface area contributed by atoms with Crippen LogP contribution < -0.4 is 19.9 Å². The summed E-state index contributed by atoms with van der Waals surface area (Å²) in [7, 11) is 0. The van der Waals surface area contributed by atoms with E-state index in [0.29, 0.717) is 37.6 Å². The molecule has 0 aliphatic carbocycles. The van der Waals surface area contributed by atoms with E-state index in [1.807, 2.05) is 39.0 Å². The highest BCUT2D eigenvalue weighted by molar-refractivity contribution is 7.81. The van der Waals surface area contributed by atoms with Crippen LogP contribution in [0, 0.1) is 11.3 Å². The van der Waals surface area contributed by atoms with E-state index in [2.05, 4.69) is 22.0 Å². The molecule has 47 heavy (non-hydrogen) atoms. The molecule has 2 aromatic carbocycles. The van der Waals surface area contributed by atoms with Crippen LogP contribution in [0.4, 0.5) is 24.5 Å². The van der Waals surface area contributed by atoms with Gasteiger partial charge in [0.05, 0.1) is 29.4 Å². The lowest BCUT2D eigenvalue weighted by molar-refractivity contribution is -0.137. The van der Waals surface area contributed by atoms with Crippen LogP contribution in [0.15, 0.2) is 48.2 Å². The second kappa shape index (κ2) is 14.4. The molecule has 2 heterocycles. The van der Waals surface area contributed by atoms with Crippen LogP contribution in [0.3, 0.4) is 0 Å². The Bertz CT molecular complexity index is 1600. The average molecular weight is 671 g/mol. The molecule has 252 valence electrons. The molecular weight excluding hydrogens is 629 g/mol. The van der Waals surface area contributed by atoms with Gasteiger partial charge < -0.3 is 15.0 Å². The van der Waals surface area contributed by atoms with Gasteiger partial charge in [0.2, 0.25) is 5.91 Å². The lowest BCUT2D eigenvalue weighted by Gasteiger charge is -2.39. The van der Waals surface area contributed by atoms with Gasteiger partial charge in [0.1, 0.15) is 17.9 Å². The molecule has 2 aromatic rings. The number of hydrogen-bond acceptors (Lipinski definition) is 7. The lowest BCUT2D eigenvalue weighted by Crippen LogP contribution is -2.54. The van der Waals surface area contributed by atoms with Gasteiger partial charge in [-0.1, -0.05) is 13.0 Å². The predicted molar refractivity (Wildman–Crippen MR) is 179 cm³/mol. The number of thiocarbonyl (C=S) groups is 1. The molecule has 0 bridgehead atoms. The summed E-state index contributed by atoms with van der Waals surface area (Å²) in [5, 5.41) is 12.1. The number of carbonyl (C=O) groups excluding carboxylic acids is 2. The Morgan fingerprint density at radius 3 is 2.51 bits per heavy atom. The van der Waals surface area contributed by atoms with Crippen LogP contribution >= 0.6 is 12.2 Å². The molecule has 13 heteroatoms. The monoisotopic (exact) mass is 670 g/mol. The standard InChI is InChI=1S/C34H41F3N6O3S/c1-7-22(3)39-30(44)21-41-14-13-40(20-23(41)4)15-16-46-29-12-11-27(17-24(29)8-2)43-32(47)42(31(45)33(43,5)6)26-10-9-25(19-38)28(18-26)34(35,36)37/h7,9-12,17-18,23H,8,13-16,20-21H2,1-6H3,(H,39,44)/b22-7+/t23-/m1/s1. The van der Waals surface area contributed by atoms with Crippen LogP contribution in [0.5, 0.6) is 5.75 Å². The number of ether oxygens (including phenoxy) is 1. The molecule has 0 unspecified atom stereocenters. The van der Waals surface area contributed by atoms with Crippen molar-refractivity contribution in [3.63, 3.8) is 0 Å². The number of nitrogens with zero attached hydrogens (tertiary/aromatic N) is 5. The van der Waals surface area contributed by atoms with Gasteiger partial charge in [0.25, 0.3) is 5.91 Å². The second-order valence-corrected chi connectivity index (χ2v) is 12.7. The number of piperazine rings is 1. The first-order valence-electron chi connectivity index (χ1n) is 15.6. The molecule has 1 atom stereocenters. The molecule has 4 rings (SSSR count). The molecule has 2 aliphatic rings. The maximum Gasteiger partial charge on any atom is 0.417 e. The van der Waals surface area contributed by atoms with E-state index in [-0.39, 0.29) is 22.7 Å². The maximum absolute atomic E-state index is 13.7. The quantitative estimate of drug-likeness (QED) is 0.333. The van der Waals surface area contributed by atoms with Gasteiger partial charge in [-0.15, -0.1) is 0 Å². The molecule has 2 aliphatic heterocycles. The first-order valence-corrected chi connectivity index (χ1v) is 16.0. The van der Waals surface area contributed by atoms with Crippen molar-refractivity contribution in [2.75, 3.05) is 49.1 Å². The number of allylic oxidation sites excluding steroid dienone is 2. The number of anilines is 2. The van der Waals surface area contributed by atoms with Gasteiger partial charge in [-0.05, 0) is 95.2 Å². The van der Waals surface area contributed by atoms with Crippen molar-refractivity contribution in [2.45, 2.75) is 65.7 Å². The van der Waals surface area contributed by atoms with Gasteiger partial charge in [0.15, 0.2) is 5.11 Å². The zero-order valence-electron chi connectivity index (χ0n) is 27.6. The van der Waals surface area contributed by atoms with Gasteiger partial charge >= 0.3 is 6.18 Å². The number of rotatable bonds is 10. The topological polar surface area (TPSA) is 92.2 Å². The van der Waals surface area contributed by atoms with Gasteiger partial charge in [-0.25, -0.2) is 0 Å². The van der Waals surface area contributed by atoms with E-state index < -0.39 is 28.7 Å². The largest absolute Gasteiger partial charge is 0.492 e. The van der Waals surface area contributed by atoms with Crippen LogP contribution in [-0.2, 0) is 22.2 Å². The Balaban J connectivity index is 1.43. The van der Waals surface area contributed by atoms with E-state index in [9.17, 15) is 28.0 Å². The third kappa shape index (κ3) is 7.77. The minimum Gasteiger partial charge on any atom is -0.492 e. The van der Waals surface area contributed by atoms with E-state index >= 15 is 0 Å². The van der Waals surface area contributed by atoms with Crippen molar-refractivity contribution < 1.29 is 27.5 Å². The summed E-state index contributed by atoms with van der Waals surface area (Å²) in [5.74, 6) is 0.202. The predicted octanol–water partition coefficient (Wildman–Crippen LogP) is 5.48. The summed E-state index contributed by atoms with van der Waals surface area (Å²) in [6.07, 6.45) is -2.27. The molecule has 9 nitrogen and oxygen atoms in total. The Labute approximate surface area is 279 Å². The fourth-order valence-corrected chi connectivity index (χ4v) is 6.41. The number of benzene rings is 2. The summed E-state index contributed by atoms with van der Waals surface area (Å²) in [6.45, 7) is 15.1.